The van der Waals surface area contributed by atoms with Gasteiger partial charge in [0, 0.05) is 12.0 Å². The van der Waals surface area contributed by atoms with Crippen LogP contribution in [0, 0.1) is 3.57 Å². The second kappa shape index (κ2) is 3.88. The van der Waals surface area contributed by atoms with Crippen molar-refractivity contribution < 1.29 is 9.53 Å². The number of ether oxygens (including phenoxy) is 1. The number of rotatable bonds is 1. The van der Waals surface area contributed by atoms with Gasteiger partial charge in [0.25, 0.3) is 0 Å². The molecule has 1 aromatic rings. The highest BCUT2D eigenvalue weighted by Gasteiger charge is 2.18. The molecule has 0 N–H and O–H groups in total. The van der Waals surface area contributed by atoms with Gasteiger partial charge in [-0.2, -0.15) is 0 Å². The van der Waals surface area contributed by atoms with E-state index in [-0.39, 0.29) is 5.78 Å². The van der Waals surface area contributed by atoms with Gasteiger partial charge in [0.05, 0.1) is 10.7 Å². The van der Waals surface area contributed by atoms with Crippen LogP contribution >= 0.6 is 22.6 Å². The van der Waals surface area contributed by atoms with E-state index in [4.69, 9.17) is 4.74 Å². The third-order valence-corrected chi connectivity index (χ3v) is 3.37. The zero-order valence-corrected chi connectivity index (χ0v) is 10.1. The summed E-state index contributed by atoms with van der Waals surface area (Å²) in [5.41, 5.74) is 2.03. The lowest BCUT2D eigenvalue weighted by molar-refractivity contribution is 0.0972. The Kier molecular flexibility index (Phi) is 2.76. The van der Waals surface area contributed by atoms with E-state index < -0.39 is 0 Å². The minimum atomic E-state index is 0.270. The molecule has 3 heteroatoms. The van der Waals surface area contributed by atoms with Crippen LogP contribution in [0.2, 0.25) is 0 Å². The van der Waals surface area contributed by atoms with Gasteiger partial charge in [-0.25, -0.2) is 0 Å². The molecule has 2 nitrogen and oxygen atoms in total. The van der Waals surface area contributed by atoms with Crippen molar-refractivity contribution in [2.75, 3.05) is 7.11 Å². The normalized spacial score (nSPS) is 15.1. The number of methoxy groups -OCH3 is 1. The average Bonchev–Trinajstić information content (AvgIpc) is 2.19. The van der Waals surface area contributed by atoms with Gasteiger partial charge in [-0.05, 0) is 53.1 Å². The summed E-state index contributed by atoms with van der Waals surface area (Å²) in [6.45, 7) is 0. The van der Waals surface area contributed by atoms with Crippen molar-refractivity contribution in [3.05, 3.63) is 26.8 Å². The molecule has 2 rings (SSSR count). The third kappa shape index (κ3) is 1.65. The molecule has 74 valence electrons. The Morgan fingerprint density at radius 3 is 2.86 bits per heavy atom. The summed E-state index contributed by atoms with van der Waals surface area (Å²) in [6.07, 6.45) is 2.65. The van der Waals surface area contributed by atoms with E-state index in [0.29, 0.717) is 6.42 Å². The number of halogens is 1. The number of hydrogen-bond donors (Lipinski definition) is 0. The number of fused-ring (bicyclic) bond motifs is 1. The molecule has 0 saturated heterocycles. The number of Topliss-reactive ketones (excluding diaryl/α,β-unsaturated/α-hetero) is 1. The zero-order chi connectivity index (χ0) is 10.1. The molecule has 0 aromatic heterocycles. The fourth-order valence-electron chi connectivity index (χ4n) is 1.79. The van der Waals surface area contributed by atoms with Crippen molar-refractivity contribution in [1.82, 2.24) is 0 Å². The van der Waals surface area contributed by atoms with E-state index in [9.17, 15) is 4.79 Å². The molecular weight excluding hydrogens is 291 g/mol. The molecular formula is C11H11IO2. The smallest absolute Gasteiger partial charge is 0.163 e. The summed E-state index contributed by atoms with van der Waals surface area (Å²) in [4.78, 5) is 11.6. The van der Waals surface area contributed by atoms with Crippen LogP contribution in [0.25, 0.3) is 0 Å². The van der Waals surface area contributed by atoms with E-state index in [0.717, 1.165) is 33.3 Å². The summed E-state index contributed by atoms with van der Waals surface area (Å²) >= 11 is 2.20. The molecule has 1 aliphatic carbocycles. The lowest BCUT2D eigenvalue weighted by atomic mass is 9.90. The summed E-state index contributed by atoms with van der Waals surface area (Å²) < 4.78 is 6.24. The fourth-order valence-corrected chi connectivity index (χ4v) is 2.48. The van der Waals surface area contributed by atoms with Crippen LogP contribution in [0.5, 0.6) is 5.75 Å². The molecule has 0 amide bonds. The largest absolute Gasteiger partial charge is 0.496 e. The van der Waals surface area contributed by atoms with Gasteiger partial charge in [-0.3, -0.25) is 4.79 Å². The van der Waals surface area contributed by atoms with E-state index in [1.807, 2.05) is 12.1 Å². The summed E-state index contributed by atoms with van der Waals surface area (Å²) in [6, 6.07) is 3.93. The quantitative estimate of drug-likeness (QED) is 0.746. The highest BCUT2D eigenvalue weighted by Crippen LogP contribution is 2.29. The first-order valence-electron chi connectivity index (χ1n) is 4.62. The van der Waals surface area contributed by atoms with Crippen molar-refractivity contribution in [2.45, 2.75) is 19.3 Å². The molecule has 0 atom stereocenters. The minimum absolute atomic E-state index is 0.270. The summed E-state index contributed by atoms with van der Waals surface area (Å²) in [5.74, 6) is 1.14. The monoisotopic (exact) mass is 302 g/mol. The molecule has 0 heterocycles. The zero-order valence-electron chi connectivity index (χ0n) is 7.97. The van der Waals surface area contributed by atoms with Crippen LogP contribution in [-0.4, -0.2) is 12.9 Å². The predicted octanol–water partition coefficient (Wildman–Crippen LogP) is 2.82. The molecule has 14 heavy (non-hydrogen) atoms. The molecule has 0 bridgehead atoms. The molecule has 0 fully saturated rings. The van der Waals surface area contributed by atoms with Crippen LogP contribution in [0.4, 0.5) is 0 Å². The molecule has 0 aliphatic heterocycles. The molecule has 0 saturated carbocycles. The van der Waals surface area contributed by atoms with Crippen LogP contribution in [0.3, 0.4) is 0 Å². The van der Waals surface area contributed by atoms with Gasteiger partial charge in [0.2, 0.25) is 0 Å². The minimum Gasteiger partial charge on any atom is -0.496 e. The Morgan fingerprint density at radius 1 is 1.36 bits per heavy atom. The fraction of sp³-hybridized carbons (Fsp3) is 0.364. The van der Waals surface area contributed by atoms with Crippen molar-refractivity contribution in [1.29, 1.82) is 0 Å². The molecule has 0 spiro atoms. The number of carbonyl (C=O) groups excluding carboxylic acids is 1. The van der Waals surface area contributed by atoms with E-state index in [2.05, 4.69) is 22.6 Å². The topological polar surface area (TPSA) is 26.3 Å². The van der Waals surface area contributed by atoms with Crippen LogP contribution < -0.4 is 4.74 Å². The van der Waals surface area contributed by atoms with Gasteiger partial charge in [0.1, 0.15) is 5.75 Å². The standard InChI is InChI=1S/C11H11IO2/c1-14-11-5-7-3-2-4-10(13)8(7)6-9(11)12/h5-6H,2-4H2,1H3. The van der Waals surface area contributed by atoms with Gasteiger partial charge >= 0.3 is 0 Å². The molecule has 1 aliphatic rings. The maximum Gasteiger partial charge on any atom is 0.163 e. The van der Waals surface area contributed by atoms with Crippen LogP contribution in [-0.2, 0) is 6.42 Å². The Labute approximate surface area is 96.8 Å². The number of hydrogen-bond acceptors (Lipinski definition) is 2. The lowest BCUT2D eigenvalue weighted by Gasteiger charge is -2.16. The Balaban J connectivity index is 2.54. The van der Waals surface area contributed by atoms with Crippen molar-refractivity contribution in [3.8, 4) is 5.75 Å². The van der Waals surface area contributed by atoms with E-state index in [1.165, 1.54) is 0 Å². The van der Waals surface area contributed by atoms with Gasteiger partial charge in [-0.15, -0.1) is 0 Å². The number of carbonyl (C=O) groups is 1. The SMILES string of the molecule is COc1cc2c(cc1I)C(=O)CCC2. The first-order chi connectivity index (χ1) is 6.72. The molecule has 0 unspecified atom stereocenters. The highest BCUT2D eigenvalue weighted by molar-refractivity contribution is 14.1. The second-order valence-electron chi connectivity index (χ2n) is 3.42. The Bertz CT molecular complexity index is 385. The average molecular weight is 302 g/mol. The summed E-state index contributed by atoms with van der Waals surface area (Å²) in [5, 5.41) is 0. The van der Waals surface area contributed by atoms with Gasteiger partial charge in [0.15, 0.2) is 5.78 Å². The van der Waals surface area contributed by atoms with Crippen molar-refractivity contribution in [2.24, 2.45) is 0 Å². The third-order valence-electron chi connectivity index (χ3n) is 2.53. The van der Waals surface area contributed by atoms with E-state index in [1.54, 1.807) is 7.11 Å². The first kappa shape index (κ1) is 9.96. The van der Waals surface area contributed by atoms with Crippen LogP contribution in [0.15, 0.2) is 12.1 Å². The number of ketones is 1. The Hall–Kier alpha value is -0.580. The predicted molar refractivity (Wildman–Crippen MR) is 63.0 cm³/mol. The summed E-state index contributed by atoms with van der Waals surface area (Å²) in [7, 11) is 1.66. The number of aryl methyl sites for hydroxylation is 1. The lowest BCUT2D eigenvalue weighted by Crippen LogP contribution is -2.11. The van der Waals surface area contributed by atoms with E-state index >= 15 is 0 Å². The highest BCUT2D eigenvalue weighted by atomic mass is 127. The van der Waals surface area contributed by atoms with Crippen LogP contribution in [0.1, 0.15) is 28.8 Å². The second-order valence-corrected chi connectivity index (χ2v) is 4.58. The molecule has 1 aromatic carbocycles. The number of benzene rings is 1. The maximum atomic E-state index is 11.6. The van der Waals surface area contributed by atoms with Crippen molar-refractivity contribution in [3.63, 3.8) is 0 Å². The molecule has 0 radical (unpaired) electrons. The van der Waals surface area contributed by atoms with Gasteiger partial charge in [-0.1, -0.05) is 0 Å². The van der Waals surface area contributed by atoms with Crippen molar-refractivity contribution >= 4 is 28.4 Å². The Morgan fingerprint density at radius 2 is 2.14 bits per heavy atom. The maximum absolute atomic E-state index is 11.6. The first-order valence-corrected chi connectivity index (χ1v) is 5.70. The van der Waals surface area contributed by atoms with Gasteiger partial charge < -0.3 is 4.74 Å².